The summed E-state index contributed by atoms with van der Waals surface area (Å²) in [6.07, 6.45) is 0. The summed E-state index contributed by atoms with van der Waals surface area (Å²) in [4.78, 5) is 11.0. The number of nitrogens with zero attached hydrogens (tertiary/aromatic N) is 10. The zero-order valence-electron chi connectivity index (χ0n) is 35.2. The average Bonchev–Trinajstić information content (AvgIpc) is 3.32. The van der Waals surface area contributed by atoms with Crippen molar-refractivity contribution in [3.05, 3.63) is 157 Å². The zero-order valence-corrected chi connectivity index (χ0v) is 36.0. The van der Waals surface area contributed by atoms with Gasteiger partial charge in [0.15, 0.2) is 0 Å². The first-order valence-electron chi connectivity index (χ1n) is 20.0. The molecular weight excluding hydrogens is 889 g/mol. The Morgan fingerprint density at radius 2 is 0.897 bits per heavy atom. The van der Waals surface area contributed by atoms with Crippen LogP contribution in [0.25, 0.3) is 21.9 Å². The Balaban J connectivity index is 0.997. The molecule has 21 heteroatoms. The van der Waals surface area contributed by atoms with Crippen molar-refractivity contribution in [3.8, 4) is 16.9 Å². The quantitative estimate of drug-likeness (QED) is 0.0325. The second-order valence-electron chi connectivity index (χ2n) is 14.7. The Hall–Kier alpha value is -9.60. The molecule has 0 heterocycles. The van der Waals surface area contributed by atoms with E-state index in [4.69, 9.17) is 22.9 Å². The van der Waals surface area contributed by atoms with E-state index in [0.29, 0.717) is 56.3 Å². The molecule has 68 heavy (non-hydrogen) atoms. The number of azo groups is 5. The summed E-state index contributed by atoms with van der Waals surface area (Å²) in [5.41, 5.74) is 30.8. The van der Waals surface area contributed by atoms with E-state index in [1.165, 1.54) is 48.5 Å². The second-order valence-corrected chi connectivity index (χ2v) is 16.1. The molecule has 20 nitrogen and oxygen atoms in total. The molecule has 0 saturated heterocycles. The van der Waals surface area contributed by atoms with Gasteiger partial charge in [0.1, 0.15) is 28.4 Å². The third-order valence-corrected chi connectivity index (χ3v) is 10.8. The van der Waals surface area contributed by atoms with E-state index >= 15 is 0 Å². The first-order valence-corrected chi connectivity index (χ1v) is 21.4. The van der Waals surface area contributed by atoms with Gasteiger partial charge in [-0.15, -0.1) is 25.6 Å². The fourth-order valence-corrected chi connectivity index (χ4v) is 6.96. The Morgan fingerprint density at radius 3 is 1.50 bits per heavy atom. The van der Waals surface area contributed by atoms with Crippen molar-refractivity contribution in [3.63, 3.8) is 0 Å². The van der Waals surface area contributed by atoms with Crippen LogP contribution >= 0.6 is 0 Å². The lowest BCUT2D eigenvalue weighted by Gasteiger charge is -2.08. The van der Waals surface area contributed by atoms with Crippen molar-refractivity contribution in [1.82, 2.24) is 0 Å². The van der Waals surface area contributed by atoms with Gasteiger partial charge >= 0.3 is 5.97 Å². The minimum atomic E-state index is -4.59. The molecule has 0 saturated carbocycles. The van der Waals surface area contributed by atoms with Crippen molar-refractivity contribution in [2.75, 3.05) is 22.9 Å². The maximum atomic E-state index is 12.2. The van der Waals surface area contributed by atoms with E-state index < -0.39 is 16.1 Å². The van der Waals surface area contributed by atoms with E-state index in [0.717, 1.165) is 11.1 Å². The lowest BCUT2D eigenvalue weighted by Crippen LogP contribution is -1.97. The van der Waals surface area contributed by atoms with Crippen LogP contribution < -0.4 is 22.9 Å². The number of hydrogen-bond donors (Lipinski definition) is 7. The topological polar surface area (TPSA) is 340 Å². The number of benzene rings is 8. The monoisotopic (exact) mass is 924 g/mol. The molecule has 0 fully saturated rings. The lowest BCUT2D eigenvalue weighted by molar-refractivity contribution is 0.0693. The number of rotatable bonds is 13. The Labute approximate surface area is 386 Å². The molecule has 11 N–H and O–H groups in total. The van der Waals surface area contributed by atoms with Gasteiger partial charge in [-0.25, -0.2) is 4.79 Å². The van der Waals surface area contributed by atoms with Crippen LogP contribution in [0.2, 0.25) is 0 Å². The number of carboxylic acids is 1. The summed E-state index contributed by atoms with van der Waals surface area (Å²) in [6, 6.07) is 40.2. The number of anilines is 4. The fraction of sp³-hybridized carbons (Fsp3) is 0. The molecule has 0 aliphatic rings. The highest BCUT2D eigenvalue weighted by atomic mass is 32.2. The van der Waals surface area contributed by atoms with Crippen molar-refractivity contribution in [2.45, 2.75) is 4.90 Å². The smallest absolute Gasteiger partial charge is 0.339 e. The number of aromatic carboxylic acids is 1. The van der Waals surface area contributed by atoms with E-state index in [1.54, 1.807) is 78.9 Å². The normalized spacial score (nSPS) is 12.1. The van der Waals surface area contributed by atoms with Crippen molar-refractivity contribution in [1.29, 1.82) is 0 Å². The van der Waals surface area contributed by atoms with Gasteiger partial charge in [0, 0.05) is 16.5 Å². The number of hydrogen-bond acceptors (Lipinski definition) is 18. The van der Waals surface area contributed by atoms with Crippen LogP contribution in [0.15, 0.2) is 208 Å². The van der Waals surface area contributed by atoms with Gasteiger partial charge in [-0.1, -0.05) is 36.4 Å². The summed E-state index contributed by atoms with van der Waals surface area (Å²) in [5, 5.41) is 62.6. The number of nitrogen functional groups attached to an aromatic ring is 4. The molecule has 0 spiro atoms. The first kappa shape index (κ1) is 45.0. The van der Waals surface area contributed by atoms with Crippen LogP contribution in [0.3, 0.4) is 0 Å². The van der Waals surface area contributed by atoms with Crippen LogP contribution in [0, 0.1) is 0 Å². The lowest BCUT2D eigenvalue weighted by atomic mass is 10.1. The SMILES string of the molecule is Nc1ccc(N=Nc2cccc(N=Nc3cc(N=Nc4ccc(N=Nc5ccc(-c6ccc(N=Nc7ccc(O)c(C(=O)O)c7)cc6)cc5)c5cc(S(=O)(=O)O)ccc45)c(N)cc3N)c2)c(N)c1. The standard InChI is InChI=1S/C47H36N14O6S/c48-28-8-16-43(38(49)20-28)59-55-31-2-1-3-32(21-31)56-60-44-25-45(40(51)24-39(44)50)61-58-41-17-18-42(36-23-34(68(65,66)67)14-15-35(36)41)57-53-30-11-6-27(7-12-30)26-4-9-29(10-5-26)52-54-33-13-19-46(62)37(22-33)47(63)64/h1-25,62H,48-51H2,(H,63,64)(H,65,66,67). The van der Waals surface area contributed by atoms with Gasteiger partial charge in [-0.3, -0.25) is 4.55 Å². The average molecular weight is 925 g/mol. The third kappa shape index (κ3) is 10.7. The minimum Gasteiger partial charge on any atom is -0.507 e. The number of nitrogens with two attached hydrogens (primary N) is 4. The van der Waals surface area contributed by atoms with E-state index in [1.807, 2.05) is 24.3 Å². The molecule has 0 atom stereocenters. The predicted molar refractivity (Wildman–Crippen MR) is 259 cm³/mol. The molecule has 8 aromatic carbocycles. The van der Waals surface area contributed by atoms with Gasteiger partial charge in [0.25, 0.3) is 10.1 Å². The van der Waals surface area contributed by atoms with Crippen LogP contribution in [0.4, 0.5) is 79.6 Å². The second kappa shape index (κ2) is 19.2. The van der Waals surface area contributed by atoms with Crippen LogP contribution in [-0.4, -0.2) is 29.2 Å². The number of carbonyl (C=O) groups is 1. The summed E-state index contributed by atoms with van der Waals surface area (Å²) < 4.78 is 34.3. The first-order chi connectivity index (χ1) is 32.7. The highest BCUT2D eigenvalue weighted by Crippen LogP contribution is 2.40. The van der Waals surface area contributed by atoms with E-state index in [9.17, 15) is 28.0 Å². The van der Waals surface area contributed by atoms with Gasteiger partial charge in [0.05, 0.1) is 61.8 Å². The van der Waals surface area contributed by atoms with Crippen molar-refractivity contribution >= 4 is 106 Å². The molecule has 0 radical (unpaired) electrons. The maximum Gasteiger partial charge on any atom is 0.339 e. The molecule has 8 rings (SSSR count). The molecular formula is C47H36N14O6S. The van der Waals surface area contributed by atoms with E-state index in [-0.39, 0.29) is 50.3 Å². The Morgan fingerprint density at radius 1 is 0.426 bits per heavy atom. The molecule has 0 aliphatic carbocycles. The largest absolute Gasteiger partial charge is 0.507 e. The number of phenols is 1. The van der Waals surface area contributed by atoms with Gasteiger partial charge in [-0.2, -0.15) is 34.0 Å². The zero-order chi connectivity index (χ0) is 48.0. The highest BCUT2D eigenvalue weighted by Gasteiger charge is 2.15. The number of aromatic hydroxyl groups is 1. The summed E-state index contributed by atoms with van der Waals surface area (Å²) in [6.45, 7) is 0. The van der Waals surface area contributed by atoms with Crippen molar-refractivity contribution < 1.29 is 28.0 Å². The van der Waals surface area contributed by atoms with Crippen LogP contribution in [-0.2, 0) is 10.1 Å². The van der Waals surface area contributed by atoms with Crippen molar-refractivity contribution in [2.24, 2.45) is 51.1 Å². The predicted octanol–water partition coefficient (Wildman–Crippen LogP) is 13.6. The molecule has 0 aliphatic heterocycles. The molecule has 0 bridgehead atoms. The maximum absolute atomic E-state index is 12.2. The highest BCUT2D eigenvalue weighted by molar-refractivity contribution is 7.85. The third-order valence-electron chi connectivity index (χ3n) is 9.94. The van der Waals surface area contributed by atoms with Crippen LogP contribution in [0.1, 0.15) is 10.4 Å². The van der Waals surface area contributed by atoms with E-state index in [2.05, 4.69) is 51.1 Å². The number of fused-ring (bicyclic) bond motifs is 1. The van der Waals surface area contributed by atoms with Gasteiger partial charge in [-0.05, 0) is 126 Å². The Bertz CT molecular complexity index is 3530. The minimum absolute atomic E-state index is 0.202. The number of carboxylic acid groups (broad SMARTS) is 1. The molecule has 336 valence electrons. The molecule has 0 aromatic heterocycles. The molecule has 0 amide bonds. The van der Waals surface area contributed by atoms with Gasteiger partial charge < -0.3 is 33.1 Å². The summed E-state index contributed by atoms with van der Waals surface area (Å²) in [7, 11) is -4.59. The fourth-order valence-electron chi connectivity index (χ4n) is 6.45. The summed E-state index contributed by atoms with van der Waals surface area (Å²) >= 11 is 0. The molecule has 8 aromatic rings. The summed E-state index contributed by atoms with van der Waals surface area (Å²) in [5.74, 6) is -1.65. The molecule has 0 unspecified atom stereocenters. The van der Waals surface area contributed by atoms with Crippen LogP contribution in [0.5, 0.6) is 5.75 Å². The Kier molecular flexibility index (Phi) is 12.7. The van der Waals surface area contributed by atoms with Gasteiger partial charge in [0.2, 0.25) is 0 Å².